The van der Waals surface area contributed by atoms with Crippen molar-refractivity contribution in [3.05, 3.63) is 52.8 Å². The van der Waals surface area contributed by atoms with Crippen LogP contribution in [0.2, 0.25) is 5.02 Å². The maximum Gasteiger partial charge on any atom is 0.134 e. The molecule has 2 nitrogen and oxygen atoms in total. The van der Waals surface area contributed by atoms with E-state index in [9.17, 15) is 4.39 Å². The second-order valence-corrected chi connectivity index (χ2v) is 4.61. The minimum Gasteiger partial charge on any atom is -0.497 e. The summed E-state index contributed by atoms with van der Waals surface area (Å²) in [6.45, 7) is 0.626. The molecule has 0 bridgehead atoms. The van der Waals surface area contributed by atoms with Gasteiger partial charge in [-0.05, 0) is 42.4 Å². The van der Waals surface area contributed by atoms with E-state index in [2.05, 4.69) is 5.32 Å². The number of nitrogens with one attached hydrogen (secondary N) is 1. The number of ether oxygens (including phenoxy) is 1. The molecule has 4 heteroatoms. The first kappa shape index (κ1) is 13.8. The van der Waals surface area contributed by atoms with E-state index in [0.717, 1.165) is 11.1 Å². The summed E-state index contributed by atoms with van der Waals surface area (Å²) in [5.41, 5.74) is 2.33. The highest BCUT2D eigenvalue weighted by Gasteiger charge is 2.11. The number of rotatable bonds is 4. The molecule has 19 heavy (non-hydrogen) atoms. The largest absolute Gasteiger partial charge is 0.497 e. The number of hydrogen-bond donors (Lipinski definition) is 1. The summed E-state index contributed by atoms with van der Waals surface area (Å²) in [7, 11) is 3.36. The quantitative estimate of drug-likeness (QED) is 0.917. The van der Waals surface area contributed by atoms with Gasteiger partial charge < -0.3 is 10.1 Å². The molecule has 2 aromatic carbocycles. The van der Waals surface area contributed by atoms with Crippen LogP contribution in [0.1, 0.15) is 5.56 Å². The zero-order valence-electron chi connectivity index (χ0n) is 10.8. The molecule has 0 unspecified atom stereocenters. The van der Waals surface area contributed by atoms with Gasteiger partial charge in [-0.1, -0.05) is 17.7 Å². The van der Waals surface area contributed by atoms with Crippen molar-refractivity contribution in [1.82, 2.24) is 5.32 Å². The fourth-order valence-corrected chi connectivity index (χ4v) is 2.20. The van der Waals surface area contributed by atoms with Gasteiger partial charge in [0.05, 0.1) is 7.11 Å². The second-order valence-electron chi connectivity index (χ2n) is 4.18. The van der Waals surface area contributed by atoms with E-state index < -0.39 is 0 Å². The molecule has 1 N–H and O–H groups in total. The monoisotopic (exact) mass is 279 g/mol. The molecule has 0 amide bonds. The molecule has 0 aliphatic rings. The van der Waals surface area contributed by atoms with Gasteiger partial charge in [0.25, 0.3) is 0 Å². The predicted molar refractivity (Wildman–Crippen MR) is 76.2 cm³/mol. The number of hydrogen-bond acceptors (Lipinski definition) is 2. The third-order valence-electron chi connectivity index (χ3n) is 2.90. The lowest BCUT2D eigenvalue weighted by Gasteiger charge is -2.12. The molecular formula is C15H15ClFNO. The van der Waals surface area contributed by atoms with Gasteiger partial charge in [-0.15, -0.1) is 0 Å². The molecule has 0 saturated heterocycles. The van der Waals surface area contributed by atoms with Gasteiger partial charge in [-0.2, -0.15) is 0 Å². The average Bonchev–Trinajstić information content (AvgIpc) is 2.40. The van der Waals surface area contributed by atoms with Crippen molar-refractivity contribution in [2.75, 3.05) is 14.2 Å². The summed E-state index contributed by atoms with van der Waals surface area (Å²) in [4.78, 5) is 0. The summed E-state index contributed by atoms with van der Waals surface area (Å²) in [6, 6.07) is 10.3. The highest BCUT2D eigenvalue weighted by molar-refractivity contribution is 6.30. The van der Waals surface area contributed by atoms with Gasteiger partial charge in [-0.3, -0.25) is 0 Å². The number of halogens is 2. The van der Waals surface area contributed by atoms with Crippen molar-refractivity contribution >= 4 is 11.6 Å². The van der Waals surface area contributed by atoms with E-state index in [1.165, 1.54) is 13.2 Å². The van der Waals surface area contributed by atoms with Gasteiger partial charge in [0.15, 0.2) is 0 Å². The molecule has 0 aliphatic heterocycles. The maximum atomic E-state index is 14.1. The topological polar surface area (TPSA) is 21.3 Å². The van der Waals surface area contributed by atoms with Crippen LogP contribution in [0.25, 0.3) is 11.1 Å². The molecule has 2 rings (SSSR count). The Labute approximate surface area is 117 Å². The summed E-state index contributed by atoms with van der Waals surface area (Å²) in [5.74, 6) is 0.199. The van der Waals surface area contributed by atoms with Gasteiger partial charge >= 0.3 is 0 Å². The minimum atomic E-state index is -0.306. The number of methoxy groups -OCH3 is 1. The van der Waals surface area contributed by atoms with E-state index >= 15 is 0 Å². The molecule has 0 aromatic heterocycles. The van der Waals surface area contributed by atoms with E-state index in [0.29, 0.717) is 22.9 Å². The SMILES string of the molecule is CNCc1cc(Cl)ccc1-c1ccc(OC)cc1F. The lowest BCUT2D eigenvalue weighted by Crippen LogP contribution is -2.06. The fraction of sp³-hybridized carbons (Fsp3) is 0.200. The van der Waals surface area contributed by atoms with Crippen LogP contribution < -0.4 is 10.1 Å². The fourth-order valence-electron chi connectivity index (χ4n) is 2.00. The Balaban J connectivity index is 2.51. The molecule has 0 saturated carbocycles. The normalized spacial score (nSPS) is 10.5. The maximum absolute atomic E-state index is 14.1. The minimum absolute atomic E-state index is 0.306. The highest BCUT2D eigenvalue weighted by atomic mass is 35.5. The Morgan fingerprint density at radius 1 is 1.16 bits per heavy atom. The molecule has 0 spiro atoms. The Morgan fingerprint density at radius 3 is 2.53 bits per heavy atom. The molecule has 0 heterocycles. The molecule has 0 atom stereocenters. The summed E-state index contributed by atoms with van der Waals surface area (Å²) < 4.78 is 19.1. The van der Waals surface area contributed by atoms with Crippen molar-refractivity contribution in [1.29, 1.82) is 0 Å². The van der Waals surface area contributed by atoms with Crippen LogP contribution in [0.3, 0.4) is 0 Å². The standard InChI is InChI=1S/C15H15ClFNO/c1-18-9-10-7-11(16)3-5-13(10)14-6-4-12(19-2)8-15(14)17/h3-8,18H,9H2,1-2H3. The van der Waals surface area contributed by atoms with Crippen LogP contribution in [-0.4, -0.2) is 14.2 Å². The van der Waals surface area contributed by atoms with Crippen LogP contribution in [0.15, 0.2) is 36.4 Å². The highest BCUT2D eigenvalue weighted by Crippen LogP contribution is 2.30. The lowest BCUT2D eigenvalue weighted by molar-refractivity contribution is 0.411. The van der Waals surface area contributed by atoms with Crippen LogP contribution in [0, 0.1) is 5.82 Å². The van der Waals surface area contributed by atoms with E-state index in [4.69, 9.17) is 16.3 Å². The van der Waals surface area contributed by atoms with Crippen molar-refractivity contribution in [3.8, 4) is 16.9 Å². The molecule has 100 valence electrons. The van der Waals surface area contributed by atoms with E-state index in [1.54, 1.807) is 18.2 Å². The smallest absolute Gasteiger partial charge is 0.134 e. The lowest BCUT2D eigenvalue weighted by atomic mass is 9.99. The van der Waals surface area contributed by atoms with Gasteiger partial charge in [0.2, 0.25) is 0 Å². The zero-order valence-corrected chi connectivity index (χ0v) is 11.6. The summed E-state index contributed by atoms with van der Waals surface area (Å²) in [5, 5.41) is 3.70. The summed E-state index contributed by atoms with van der Waals surface area (Å²) in [6.07, 6.45) is 0. The third-order valence-corrected chi connectivity index (χ3v) is 3.14. The first-order chi connectivity index (χ1) is 9.15. The Bertz CT molecular complexity index is 586. The van der Waals surface area contributed by atoms with Crippen molar-refractivity contribution < 1.29 is 9.13 Å². The number of benzene rings is 2. The molecule has 2 aromatic rings. The van der Waals surface area contributed by atoms with Crippen LogP contribution in [0.4, 0.5) is 4.39 Å². The molecule has 0 aliphatic carbocycles. The van der Waals surface area contributed by atoms with E-state index in [1.807, 2.05) is 19.2 Å². The first-order valence-corrected chi connectivity index (χ1v) is 6.30. The third kappa shape index (κ3) is 3.06. The second kappa shape index (κ2) is 6.04. The Kier molecular flexibility index (Phi) is 4.40. The first-order valence-electron chi connectivity index (χ1n) is 5.92. The average molecular weight is 280 g/mol. The van der Waals surface area contributed by atoms with Crippen molar-refractivity contribution in [3.63, 3.8) is 0 Å². The van der Waals surface area contributed by atoms with Crippen LogP contribution in [0.5, 0.6) is 5.75 Å². The van der Waals surface area contributed by atoms with Crippen molar-refractivity contribution in [2.24, 2.45) is 0 Å². The van der Waals surface area contributed by atoms with Crippen molar-refractivity contribution in [2.45, 2.75) is 6.54 Å². The van der Waals surface area contributed by atoms with Crippen LogP contribution >= 0.6 is 11.6 Å². The van der Waals surface area contributed by atoms with Crippen LogP contribution in [-0.2, 0) is 6.54 Å². The van der Waals surface area contributed by atoms with Gasteiger partial charge in [-0.25, -0.2) is 4.39 Å². The Hall–Kier alpha value is -1.58. The van der Waals surface area contributed by atoms with Gasteiger partial charge in [0.1, 0.15) is 11.6 Å². The molecule has 0 radical (unpaired) electrons. The van der Waals surface area contributed by atoms with Gasteiger partial charge in [0, 0.05) is 23.2 Å². The molecule has 0 fully saturated rings. The summed E-state index contributed by atoms with van der Waals surface area (Å²) >= 11 is 5.99. The molecular weight excluding hydrogens is 265 g/mol. The predicted octanol–water partition coefficient (Wildman–Crippen LogP) is 3.87. The Morgan fingerprint density at radius 2 is 1.89 bits per heavy atom. The van der Waals surface area contributed by atoms with E-state index in [-0.39, 0.29) is 5.82 Å². The zero-order chi connectivity index (χ0) is 13.8.